The van der Waals surface area contributed by atoms with E-state index in [9.17, 15) is 4.21 Å². The molecule has 0 N–H and O–H groups in total. The zero-order chi connectivity index (χ0) is 17.0. The maximum absolute atomic E-state index is 12.9. The number of para-hydroxylation sites is 1. The van der Waals surface area contributed by atoms with Gasteiger partial charge in [-0.05, 0) is 55.2 Å². The minimum absolute atomic E-state index is 0.609. The second-order valence-corrected chi connectivity index (χ2v) is 7.74. The lowest BCUT2D eigenvalue weighted by atomic mass is 9.99. The Hall–Kier alpha value is -2.53. The molecule has 1 aromatic heterocycles. The average Bonchev–Trinajstić information content (AvgIpc) is 3.14. The van der Waals surface area contributed by atoms with Gasteiger partial charge in [-0.3, -0.25) is 4.90 Å². The summed E-state index contributed by atoms with van der Waals surface area (Å²) in [5.74, 6) is 1.52. The summed E-state index contributed by atoms with van der Waals surface area (Å²) in [6.07, 6.45) is 3.65. The lowest BCUT2D eigenvalue weighted by Gasteiger charge is -2.32. The molecule has 5 rings (SSSR count). The van der Waals surface area contributed by atoms with Crippen molar-refractivity contribution in [3.05, 3.63) is 59.9 Å². The van der Waals surface area contributed by atoms with E-state index in [1.807, 2.05) is 29.2 Å². The third kappa shape index (κ3) is 2.09. The number of anilines is 3. The van der Waals surface area contributed by atoms with Crippen LogP contribution in [0.2, 0.25) is 0 Å². The van der Waals surface area contributed by atoms with Crippen LogP contribution in [0, 0.1) is 6.92 Å². The van der Waals surface area contributed by atoms with E-state index in [1.54, 1.807) is 12.3 Å². The van der Waals surface area contributed by atoms with Crippen molar-refractivity contribution < 1.29 is 13.4 Å². The van der Waals surface area contributed by atoms with E-state index in [-0.39, 0.29) is 0 Å². The molecule has 2 aromatic carbocycles. The maximum Gasteiger partial charge on any atom is 0.221 e. The largest absolute Gasteiger partial charge is 0.491 e. The van der Waals surface area contributed by atoms with Gasteiger partial charge in [0.1, 0.15) is 10.6 Å². The van der Waals surface area contributed by atoms with Crippen molar-refractivity contribution in [3.8, 4) is 5.75 Å². The summed E-state index contributed by atoms with van der Waals surface area (Å²) in [5.41, 5.74) is 4.32. The second-order valence-electron chi connectivity index (χ2n) is 6.32. The number of aryl methyl sites for hydroxylation is 1. The minimum Gasteiger partial charge on any atom is -0.491 e. The third-order valence-corrected chi connectivity index (χ3v) is 6.31. The fourth-order valence-electron chi connectivity index (χ4n) is 3.64. The molecule has 5 heteroatoms. The third-order valence-electron chi connectivity index (χ3n) is 4.85. The van der Waals surface area contributed by atoms with Crippen molar-refractivity contribution in [2.45, 2.75) is 29.6 Å². The van der Waals surface area contributed by atoms with Gasteiger partial charge in [0.15, 0.2) is 0 Å². The molecule has 1 atom stereocenters. The molecule has 2 aliphatic rings. The molecule has 126 valence electrons. The molecule has 4 nitrogen and oxygen atoms in total. The molecule has 0 saturated heterocycles. The quantitative estimate of drug-likeness (QED) is 0.491. The number of hydrogen-bond acceptors (Lipinski definition) is 4. The van der Waals surface area contributed by atoms with Gasteiger partial charge in [0, 0.05) is 0 Å². The molecule has 25 heavy (non-hydrogen) atoms. The summed E-state index contributed by atoms with van der Waals surface area (Å²) in [6, 6.07) is 13.7. The van der Waals surface area contributed by atoms with Gasteiger partial charge in [-0.25, -0.2) is 4.21 Å². The van der Waals surface area contributed by atoms with Crippen LogP contribution in [-0.4, -0.2) is 10.8 Å². The van der Waals surface area contributed by atoms with Crippen LogP contribution in [-0.2, 0) is 17.2 Å². The molecule has 0 bridgehead atoms. The van der Waals surface area contributed by atoms with Crippen LogP contribution in [0.25, 0.3) is 0 Å². The topological polar surface area (TPSA) is 42.7 Å². The average molecular weight is 351 g/mol. The molecule has 3 aromatic rings. The molecule has 0 aliphatic carbocycles. The van der Waals surface area contributed by atoms with Gasteiger partial charge in [0.25, 0.3) is 0 Å². The van der Waals surface area contributed by atoms with Gasteiger partial charge in [-0.2, -0.15) is 0 Å². The highest BCUT2D eigenvalue weighted by atomic mass is 32.2. The van der Waals surface area contributed by atoms with Crippen LogP contribution in [0.1, 0.15) is 17.5 Å². The lowest BCUT2D eigenvalue weighted by molar-refractivity contribution is 0.288. The molecule has 1 unspecified atom stereocenters. The molecule has 0 spiro atoms. The number of hydrogen-bond donors (Lipinski definition) is 0. The molecule has 2 aliphatic heterocycles. The van der Waals surface area contributed by atoms with Crippen molar-refractivity contribution in [2.75, 3.05) is 11.5 Å². The van der Waals surface area contributed by atoms with E-state index >= 15 is 0 Å². The summed E-state index contributed by atoms with van der Waals surface area (Å²) in [7, 11) is -1.24. The van der Waals surface area contributed by atoms with Crippen molar-refractivity contribution in [1.29, 1.82) is 0 Å². The highest BCUT2D eigenvalue weighted by Gasteiger charge is 2.34. The lowest BCUT2D eigenvalue weighted by Crippen LogP contribution is -2.21. The standard InChI is InChI=1S/C20H17NO3S/c1-13-8-9-16(19-14(13)5-4-11-23-19)21-15-6-2-3-7-17(15)25(22)18-10-12-24-20(18)21/h2-3,6-10,12H,4-5,11H2,1H3. The second kappa shape index (κ2) is 5.49. The molecule has 0 saturated carbocycles. The van der Waals surface area contributed by atoms with E-state index in [2.05, 4.69) is 19.1 Å². The van der Waals surface area contributed by atoms with E-state index in [0.717, 1.165) is 41.5 Å². The first-order chi connectivity index (χ1) is 12.3. The number of nitrogens with zero attached hydrogens (tertiary/aromatic N) is 1. The monoisotopic (exact) mass is 351 g/mol. The number of furan rings is 1. The summed E-state index contributed by atoms with van der Waals surface area (Å²) in [4.78, 5) is 3.53. The van der Waals surface area contributed by atoms with E-state index in [0.29, 0.717) is 10.8 Å². The fraction of sp³-hybridized carbons (Fsp3) is 0.200. The zero-order valence-electron chi connectivity index (χ0n) is 13.8. The van der Waals surface area contributed by atoms with Crippen LogP contribution in [0.5, 0.6) is 5.75 Å². The highest BCUT2D eigenvalue weighted by molar-refractivity contribution is 7.85. The van der Waals surface area contributed by atoms with Gasteiger partial charge in [-0.15, -0.1) is 0 Å². The first-order valence-electron chi connectivity index (χ1n) is 8.39. The Morgan fingerprint density at radius 2 is 1.92 bits per heavy atom. The summed E-state index contributed by atoms with van der Waals surface area (Å²) in [6.45, 7) is 2.84. The van der Waals surface area contributed by atoms with Crippen molar-refractivity contribution in [3.63, 3.8) is 0 Å². The van der Waals surface area contributed by atoms with Crippen molar-refractivity contribution in [2.24, 2.45) is 0 Å². The molecule has 0 amide bonds. The predicted octanol–water partition coefficient (Wildman–Crippen LogP) is 4.86. The van der Waals surface area contributed by atoms with Crippen molar-refractivity contribution >= 4 is 28.1 Å². The van der Waals surface area contributed by atoms with Crippen LogP contribution in [0.3, 0.4) is 0 Å². The van der Waals surface area contributed by atoms with Crippen LogP contribution >= 0.6 is 0 Å². The normalized spacial score (nSPS) is 18.1. The number of ether oxygens (including phenoxy) is 1. The van der Waals surface area contributed by atoms with Gasteiger partial charge in [0.2, 0.25) is 5.88 Å². The van der Waals surface area contributed by atoms with E-state index in [4.69, 9.17) is 9.15 Å². The number of fused-ring (bicyclic) bond motifs is 3. The predicted molar refractivity (Wildman–Crippen MR) is 96.6 cm³/mol. The zero-order valence-corrected chi connectivity index (χ0v) is 14.6. The maximum atomic E-state index is 12.9. The van der Waals surface area contributed by atoms with Crippen LogP contribution in [0.4, 0.5) is 17.3 Å². The van der Waals surface area contributed by atoms with Gasteiger partial charge in [-0.1, -0.05) is 18.2 Å². The smallest absolute Gasteiger partial charge is 0.221 e. The van der Waals surface area contributed by atoms with Gasteiger partial charge in [0.05, 0.1) is 39.9 Å². The first kappa shape index (κ1) is 14.8. The Morgan fingerprint density at radius 1 is 1.04 bits per heavy atom. The van der Waals surface area contributed by atoms with Crippen molar-refractivity contribution in [1.82, 2.24) is 0 Å². The summed E-state index contributed by atoms with van der Waals surface area (Å²) < 4.78 is 24.7. The first-order valence-corrected chi connectivity index (χ1v) is 9.54. The Balaban J connectivity index is 1.80. The van der Waals surface area contributed by atoms with Gasteiger partial charge >= 0.3 is 0 Å². The molecular formula is C20H17NO3S. The molecule has 0 radical (unpaired) electrons. The molecule has 0 fully saturated rings. The molecular weight excluding hydrogens is 334 g/mol. The Morgan fingerprint density at radius 3 is 2.84 bits per heavy atom. The Kier molecular flexibility index (Phi) is 3.25. The summed E-state index contributed by atoms with van der Waals surface area (Å²) in [5, 5.41) is 0. The minimum atomic E-state index is -1.24. The van der Waals surface area contributed by atoms with Crippen LogP contribution in [0.15, 0.2) is 62.9 Å². The number of rotatable bonds is 1. The summed E-state index contributed by atoms with van der Waals surface area (Å²) >= 11 is 0. The van der Waals surface area contributed by atoms with E-state index in [1.165, 1.54) is 11.1 Å². The van der Waals surface area contributed by atoms with E-state index < -0.39 is 10.8 Å². The fourth-order valence-corrected chi connectivity index (χ4v) is 4.91. The Bertz CT molecular complexity index is 1010. The van der Waals surface area contributed by atoms with Gasteiger partial charge < -0.3 is 9.15 Å². The van der Waals surface area contributed by atoms with Crippen LogP contribution < -0.4 is 9.64 Å². The molecule has 3 heterocycles. The SMILES string of the molecule is Cc1ccc(N2c3ccccc3S(=O)c3ccoc32)c2c1CCCO2. The highest BCUT2D eigenvalue weighted by Crippen LogP contribution is 2.50. The Labute approximate surface area is 148 Å². The number of benzene rings is 2.